The van der Waals surface area contributed by atoms with E-state index in [1.54, 1.807) is 0 Å². The summed E-state index contributed by atoms with van der Waals surface area (Å²) in [6.07, 6.45) is 4.95. The van der Waals surface area contributed by atoms with Gasteiger partial charge in [-0.1, -0.05) is 27.2 Å². The van der Waals surface area contributed by atoms with E-state index in [0.717, 1.165) is 37.3 Å². The summed E-state index contributed by atoms with van der Waals surface area (Å²) in [6.45, 7) is 8.55. The van der Waals surface area contributed by atoms with Crippen molar-refractivity contribution in [1.29, 1.82) is 0 Å². The Bertz CT molecular complexity index is 123. The van der Waals surface area contributed by atoms with Crippen molar-refractivity contribution >= 4 is 0 Å². The summed E-state index contributed by atoms with van der Waals surface area (Å²) in [7, 11) is 0. The molecule has 0 rings (SSSR count). The lowest BCUT2D eigenvalue weighted by molar-refractivity contribution is 0.307. The van der Waals surface area contributed by atoms with Crippen molar-refractivity contribution in [3.05, 3.63) is 0 Å². The highest BCUT2D eigenvalue weighted by Gasteiger charge is 2.13. The van der Waals surface area contributed by atoms with Crippen molar-refractivity contribution in [2.45, 2.75) is 46.5 Å². The second-order valence-corrected chi connectivity index (χ2v) is 4.84. The number of hydrogen-bond acceptors (Lipinski definition) is 2. The molecule has 0 aromatic rings. The molecule has 0 aliphatic heterocycles. The van der Waals surface area contributed by atoms with Gasteiger partial charge in [0.05, 0.1) is 0 Å². The molecule has 0 fully saturated rings. The highest BCUT2D eigenvalue weighted by molar-refractivity contribution is 4.66. The zero-order valence-electron chi connectivity index (χ0n) is 10.1. The maximum absolute atomic E-state index is 5.61. The smallest absolute Gasteiger partial charge is 0.00745 e. The first-order valence-corrected chi connectivity index (χ1v) is 6.01. The molecule has 0 aromatic carbocycles. The van der Waals surface area contributed by atoms with E-state index in [2.05, 4.69) is 20.8 Å². The van der Waals surface area contributed by atoms with Gasteiger partial charge in [0.15, 0.2) is 0 Å². The van der Waals surface area contributed by atoms with Crippen molar-refractivity contribution in [1.82, 2.24) is 0 Å². The molecule has 0 bridgehead atoms. The van der Waals surface area contributed by atoms with Gasteiger partial charge in [-0.3, -0.25) is 0 Å². The molecule has 86 valence electrons. The van der Waals surface area contributed by atoms with Gasteiger partial charge in [0.2, 0.25) is 0 Å². The Kier molecular flexibility index (Phi) is 8.20. The Morgan fingerprint density at radius 2 is 1.36 bits per heavy atom. The van der Waals surface area contributed by atoms with Crippen LogP contribution in [0.1, 0.15) is 46.5 Å². The van der Waals surface area contributed by atoms with E-state index in [9.17, 15) is 0 Å². The number of rotatable bonds is 8. The lowest BCUT2D eigenvalue weighted by Crippen LogP contribution is -2.16. The fourth-order valence-corrected chi connectivity index (χ4v) is 1.95. The minimum Gasteiger partial charge on any atom is -0.330 e. The number of nitrogens with two attached hydrogens (primary N) is 2. The third kappa shape index (κ3) is 6.39. The van der Waals surface area contributed by atoms with Crippen LogP contribution in [-0.4, -0.2) is 13.1 Å². The minimum atomic E-state index is 0.767. The van der Waals surface area contributed by atoms with Gasteiger partial charge in [-0.15, -0.1) is 0 Å². The summed E-state index contributed by atoms with van der Waals surface area (Å²) in [5.41, 5.74) is 11.1. The van der Waals surface area contributed by atoms with Gasteiger partial charge in [0, 0.05) is 0 Å². The second-order valence-electron chi connectivity index (χ2n) is 4.84. The standard InChI is InChI=1S/C12H28N2/c1-10(2)12(7-9-14)5-4-11(3)6-8-13/h10-12H,4-9,13-14H2,1-3H3/t11-,12-/m0/s1. The zero-order valence-corrected chi connectivity index (χ0v) is 10.1. The van der Waals surface area contributed by atoms with Crippen LogP contribution in [0.2, 0.25) is 0 Å². The molecule has 0 heterocycles. The molecule has 0 saturated carbocycles. The Labute approximate surface area is 89.4 Å². The molecule has 0 radical (unpaired) electrons. The molecule has 2 heteroatoms. The molecule has 0 aromatic heterocycles. The fourth-order valence-electron chi connectivity index (χ4n) is 1.95. The molecule has 14 heavy (non-hydrogen) atoms. The van der Waals surface area contributed by atoms with Gasteiger partial charge in [-0.2, -0.15) is 0 Å². The first-order chi connectivity index (χ1) is 6.61. The summed E-state index contributed by atoms with van der Waals surface area (Å²) in [5.74, 6) is 2.35. The van der Waals surface area contributed by atoms with Gasteiger partial charge >= 0.3 is 0 Å². The van der Waals surface area contributed by atoms with Crippen LogP contribution >= 0.6 is 0 Å². The van der Waals surface area contributed by atoms with Gasteiger partial charge < -0.3 is 11.5 Å². The summed E-state index contributed by atoms with van der Waals surface area (Å²) in [4.78, 5) is 0. The quantitative estimate of drug-likeness (QED) is 0.632. The topological polar surface area (TPSA) is 52.0 Å². The molecule has 0 saturated heterocycles. The van der Waals surface area contributed by atoms with Gasteiger partial charge in [-0.25, -0.2) is 0 Å². The van der Waals surface area contributed by atoms with E-state index in [-0.39, 0.29) is 0 Å². The third-order valence-corrected chi connectivity index (χ3v) is 3.17. The monoisotopic (exact) mass is 200 g/mol. The molecule has 2 nitrogen and oxygen atoms in total. The van der Waals surface area contributed by atoms with Crippen LogP contribution in [0.4, 0.5) is 0 Å². The van der Waals surface area contributed by atoms with Crippen molar-refractivity contribution < 1.29 is 0 Å². The molecule has 0 spiro atoms. The SMILES string of the molecule is CC(C)[C@H](CCN)CC[C@H](C)CCN. The predicted octanol–water partition coefficient (Wildman–Crippen LogP) is 2.37. The van der Waals surface area contributed by atoms with Crippen molar-refractivity contribution in [2.75, 3.05) is 13.1 Å². The second kappa shape index (κ2) is 8.25. The van der Waals surface area contributed by atoms with E-state index in [0.29, 0.717) is 0 Å². The Hall–Kier alpha value is -0.0800. The first-order valence-electron chi connectivity index (χ1n) is 6.01. The minimum absolute atomic E-state index is 0.767. The zero-order chi connectivity index (χ0) is 11.0. The van der Waals surface area contributed by atoms with Crippen LogP contribution in [0.15, 0.2) is 0 Å². The van der Waals surface area contributed by atoms with Crippen LogP contribution in [0.3, 0.4) is 0 Å². The third-order valence-electron chi connectivity index (χ3n) is 3.17. The van der Waals surface area contributed by atoms with E-state index >= 15 is 0 Å². The Balaban J connectivity index is 3.69. The Morgan fingerprint density at radius 1 is 0.786 bits per heavy atom. The first kappa shape index (κ1) is 13.9. The molecule has 0 unspecified atom stereocenters. The van der Waals surface area contributed by atoms with E-state index in [1.807, 2.05) is 0 Å². The van der Waals surface area contributed by atoms with Crippen LogP contribution in [-0.2, 0) is 0 Å². The van der Waals surface area contributed by atoms with Gasteiger partial charge in [0.1, 0.15) is 0 Å². The Morgan fingerprint density at radius 3 is 1.79 bits per heavy atom. The normalized spacial score (nSPS) is 15.9. The van der Waals surface area contributed by atoms with E-state index in [4.69, 9.17) is 11.5 Å². The van der Waals surface area contributed by atoms with Crippen LogP contribution in [0, 0.1) is 17.8 Å². The molecule has 2 atom stereocenters. The van der Waals surface area contributed by atoms with Crippen molar-refractivity contribution in [3.63, 3.8) is 0 Å². The molecule has 0 aliphatic rings. The van der Waals surface area contributed by atoms with Crippen molar-refractivity contribution in [3.8, 4) is 0 Å². The van der Waals surface area contributed by atoms with Crippen molar-refractivity contribution in [2.24, 2.45) is 29.2 Å². The molecule has 0 amide bonds. The maximum Gasteiger partial charge on any atom is -0.00745 e. The largest absolute Gasteiger partial charge is 0.330 e. The van der Waals surface area contributed by atoms with E-state index < -0.39 is 0 Å². The highest BCUT2D eigenvalue weighted by Crippen LogP contribution is 2.23. The predicted molar refractivity (Wildman–Crippen MR) is 64.1 cm³/mol. The summed E-state index contributed by atoms with van der Waals surface area (Å²) in [6, 6.07) is 0. The summed E-state index contributed by atoms with van der Waals surface area (Å²) in [5, 5.41) is 0. The number of hydrogen-bond donors (Lipinski definition) is 2. The van der Waals surface area contributed by atoms with Crippen LogP contribution in [0.5, 0.6) is 0 Å². The lowest BCUT2D eigenvalue weighted by atomic mass is 9.85. The maximum atomic E-state index is 5.61. The van der Waals surface area contributed by atoms with Gasteiger partial charge in [-0.05, 0) is 50.1 Å². The lowest BCUT2D eigenvalue weighted by Gasteiger charge is -2.21. The fraction of sp³-hybridized carbons (Fsp3) is 1.00. The molecular formula is C12H28N2. The molecule has 0 aliphatic carbocycles. The molecule has 4 N–H and O–H groups in total. The van der Waals surface area contributed by atoms with Gasteiger partial charge in [0.25, 0.3) is 0 Å². The molecular weight excluding hydrogens is 172 g/mol. The van der Waals surface area contributed by atoms with Crippen LogP contribution in [0.25, 0.3) is 0 Å². The van der Waals surface area contributed by atoms with E-state index in [1.165, 1.54) is 19.3 Å². The average molecular weight is 200 g/mol. The highest BCUT2D eigenvalue weighted by atomic mass is 14.5. The summed E-state index contributed by atoms with van der Waals surface area (Å²) >= 11 is 0. The summed E-state index contributed by atoms with van der Waals surface area (Å²) < 4.78 is 0. The van der Waals surface area contributed by atoms with Crippen LogP contribution < -0.4 is 11.5 Å². The average Bonchev–Trinajstić information content (AvgIpc) is 2.12.